The fraction of sp³-hybridized carbons (Fsp3) is 0.250. The van der Waals surface area contributed by atoms with Gasteiger partial charge in [0.25, 0.3) is 0 Å². The molecule has 2 N–H and O–H groups in total. The lowest BCUT2D eigenvalue weighted by molar-refractivity contribution is 0.236. The van der Waals surface area contributed by atoms with E-state index < -0.39 is 0 Å². The van der Waals surface area contributed by atoms with Crippen LogP contribution in [0.25, 0.3) is 11.0 Å². The van der Waals surface area contributed by atoms with E-state index in [1.807, 2.05) is 25.1 Å². The third kappa shape index (κ3) is 4.81. The number of benzene rings is 2. The van der Waals surface area contributed by atoms with E-state index in [0.717, 1.165) is 60.1 Å². The van der Waals surface area contributed by atoms with E-state index in [0.29, 0.717) is 0 Å². The Kier molecular flexibility index (Phi) is 5.86. The third-order valence-electron chi connectivity index (χ3n) is 5.02. The normalized spacial score (nSPS) is 11.8. The van der Waals surface area contributed by atoms with Gasteiger partial charge >= 0.3 is 0 Å². The Balaban J connectivity index is 1.56. The second kappa shape index (κ2) is 8.88. The molecule has 0 saturated carbocycles. The maximum absolute atomic E-state index is 4.83. The van der Waals surface area contributed by atoms with Gasteiger partial charge in [0, 0.05) is 18.7 Å². The summed E-state index contributed by atoms with van der Waals surface area (Å²) >= 11 is 0. The second-order valence-electron chi connectivity index (χ2n) is 7.36. The highest BCUT2D eigenvalue weighted by Crippen LogP contribution is 2.16. The van der Waals surface area contributed by atoms with Crippen LogP contribution in [-0.2, 0) is 26.1 Å². The van der Waals surface area contributed by atoms with Crippen molar-refractivity contribution in [2.24, 2.45) is 0 Å². The monoisotopic (exact) mass is 385 g/mol. The number of aryl methyl sites for hydroxylation is 1. The molecular formula is C24H27N5. The maximum Gasteiger partial charge on any atom is 0.121 e. The molecule has 0 aliphatic heterocycles. The van der Waals surface area contributed by atoms with Gasteiger partial charge in [-0.2, -0.15) is 0 Å². The second-order valence-corrected chi connectivity index (χ2v) is 7.36. The number of imidazole rings is 2. The highest BCUT2D eigenvalue weighted by Gasteiger charge is 2.14. The van der Waals surface area contributed by atoms with E-state index >= 15 is 0 Å². The van der Waals surface area contributed by atoms with Crippen molar-refractivity contribution in [2.75, 3.05) is 0 Å². The maximum atomic E-state index is 4.83. The Morgan fingerprint density at radius 1 is 0.862 bits per heavy atom. The molecule has 2 heterocycles. The zero-order valence-corrected chi connectivity index (χ0v) is 17.0. The summed E-state index contributed by atoms with van der Waals surface area (Å²) in [6.07, 6.45) is 5.07. The first-order valence-electron chi connectivity index (χ1n) is 10.1. The van der Waals surface area contributed by atoms with Crippen molar-refractivity contribution >= 4 is 11.0 Å². The highest BCUT2D eigenvalue weighted by atomic mass is 15.2. The average Bonchev–Trinajstić information content (AvgIpc) is 3.29. The quantitative estimate of drug-likeness (QED) is 0.423. The third-order valence-corrected chi connectivity index (χ3v) is 5.02. The summed E-state index contributed by atoms with van der Waals surface area (Å²) in [4.78, 5) is 18.9. The predicted molar refractivity (Wildman–Crippen MR) is 117 cm³/mol. The number of nitrogens with zero attached hydrogens (tertiary/aromatic N) is 3. The van der Waals surface area contributed by atoms with E-state index in [2.05, 4.69) is 70.3 Å². The zero-order valence-electron chi connectivity index (χ0n) is 17.0. The molecule has 0 fully saturated rings. The molecule has 2 aromatic carbocycles. The largest absolute Gasteiger partial charge is 0.345 e. The summed E-state index contributed by atoms with van der Waals surface area (Å²) in [5.41, 5.74) is 5.61. The van der Waals surface area contributed by atoms with Gasteiger partial charge in [-0.1, -0.05) is 54.6 Å². The Morgan fingerprint density at radius 3 is 2.34 bits per heavy atom. The first-order chi connectivity index (χ1) is 14.2. The Hall–Kier alpha value is -3.18. The number of para-hydroxylation sites is 2. The molecule has 29 heavy (non-hydrogen) atoms. The molecule has 5 nitrogen and oxygen atoms in total. The highest BCUT2D eigenvalue weighted by molar-refractivity contribution is 5.74. The number of H-pyrrole nitrogens is 2. The van der Waals surface area contributed by atoms with Gasteiger partial charge in [0.1, 0.15) is 11.6 Å². The number of aromatic nitrogens is 4. The number of aromatic amines is 2. The van der Waals surface area contributed by atoms with Crippen LogP contribution in [0.1, 0.15) is 35.5 Å². The van der Waals surface area contributed by atoms with E-state index in [4.69, 9.17) is 9.97 Å². The number of nitrogens with one attached hydrogen (secondary N) is 2. The lowest BCUT2D eigenvalue weighted by Gasteiger charge is -2.20. The number of hydrogen-bond acceptors (Lipinski definition) is 3. The molecule has 4 rings (SSSR count). The molecule has 0 bridgehead atoms. The van der Waals surface area contributed by atoms with Gasteiger partial charge in [-0.15, -0.1) is 0 Å². The van der Waals surface area contributed by atoms with Crippen molar-refractivity contribution in [1.82, 2.24) is 24.8 Å². The van der Waals surface area contributed by atoms with Crippen LogP contribution in [0, 0.1) is 6.92 Å². The molecule has 0 saturated heterocycles. The molecular weight excluding hydrogens is 358 g/mol. The molecule has 0 atom stereocenters. The van der Waals surface area contributed by atoms with Gasteiger partial charge in [-0.05, 0) is 31.5 Å². The molecule has 0 aliphatic rings. The van der Waals surface area contributed by atoms with Crippen molar-refractivity contribution < 1.29 is 0 Å². The van der Waals surface area contributed by atoms with Crippen LogP contribution in [-0.4, -0.2) is 24.8 Å². The van der Waals surface area contributed by atoms with Crippen LogP contribution in [0.2, 0.25) is 0 Å². The standard InChI is InChI=1S/C24H27N5/c1-3-4-12-20-18(2)25-23(26-20)16-29(15-19-10-6-5-7-11-19)17-24-27-21-13-8-9-14-22(21)28-24/h3-11,13-14H,12,15-17H2,1-2H3,(H,25,26)(H,27,28)/b4-3-. The van der Waals surface area contributed by atoms with Gasteiger partial charge in [0.05, 0.1) is 29.8 Å². The molecule has 2 aromatic heterocycles. The summed E-state index contributed by atoms with van der Waals surface area (Å²) in [6.45, 7) is 6.44. The number of allylic oxidation sites excluding steroid dienone is 2. The first-order valence-corrected chi connectivity index (χ1v) is 10.1. The molecule has 4 aromatic rings. The van der Waals surface area contributed by atoms with Gasteiger partial charge < -0.3 is 9.97 Å². The van der Waals surface area contributed by atoms with Crippen LogP contribution in [0.5, 0.6) is 0 Å². The Bertz CT molecular complexity index is 1060. The number of rotatable bonds is 8. The first kappa shape index (κ1) is 19.2. The summed E-state index contributed by atoms with van der Waals surface area (Å²) in [6, 6.07) is 18.7. The summed E-state index contributed by atoms with van der Waals surface area (Å²) in [7, 11) is 0. The lowest BCUT2D eigenvalue weighted by Crippen LogP contribution is -2.23. The van der Waals surface area contributed by atoms with Gasteiger partial charge in [-0.3, -0.25) is 4.90 Å². The van der Waals surface area contributed by atoms with Crippen LogP contribution >= 0.6 is 0 Å². The molecule has 0 radical (unpaired) electrons. The van der Waals surface area contributed by atoms with E-state index in [1.54, 1.807) is 0 Å². The molecule has 0 spiro atoms. The number of hydrogen-bond donors (Lipinski definition) is 2. The van der Waals surface area contributed by atoms with E-state index in [1.165, 1.54) is 5.56 Å². The Labute approximate surface area is 171 Å². The van der Waals surface area contributed by atoms with Crippen LogP contribution in [0.4, 0.5) is 0 Å². The molecule has 0 unspecified atom stereocenters. The Morgan fingerprint density at radius 2 is 1.59 bits per heavy atom. The van der Waals surface area contributed by atoms with Gasteiger partial charge in [-0.25, -0.2) is 9.97 Å². The smallest absolute Gasteiger partial charge is 0.121 e. The summed E-state index contributed by atoms with van der Waals surface area (Å²) in [5.74, 6) is 1.97. The van der Waals surface area contributed by atoms with Crippen molar-refractivity contribution in [3.05, 3.63) is 95.3 Å². The molecule has 5 heteroatoms. The molecule has 0 aliphatic carbocycles. The average molecular weight is 386 g/mol. The van der Waals surface area contributed by atoms with E-state index in [-0.39, 0.29) is 0 Å². The van der Waals surface area contributed by atoms with Crippen LogP contribution in [0.3, 0.4) is 0 Å². The topological polar surface area (TPSA) is 60.6 Å². The van der Waals surface area contributed by atoms with Crippen molar-refractivity contribution in [3.8, 4) is 0 Å². The number of fused-ring (bicyclic) bond motifs is 1. The summed E-state index contributed by atoms with van der Waals surface area (Å²) < 4.78 is 0. The van der Waals surface area contributed by atoms with Crippen molar-refractivity contribution in [1.29, 1.82) is 0 Å². The minimum atomic E-state index is 0.730. The van der Waals surface area contributed by atoms with Gasteiger partial charge in [0.15, 0.2) is 0 Å². The SMILES string of the molecule is C/C=C\Cc1nc(CN(Cc2ccccc2)Cc2nc3ccccc3[nH]2)[nH]c1C. The minimum Gasteiger partial charge on any atom is -0.345 e. The zero-order chi connectivity index (χ0) is 20.1. The van der Waals surface area contributed by atoms with Crippen molar-refractivity contribution in [2.45, 2.75) is 39.9 Å². The van der Waals surface area contributed by atoms with Crippen LogP contribution < -0.4 is 0 Å². The minimum absolute atomic E-state index is 0.730. The van der Waals surface area contributed by atoms with E-state index in [9.17, 15) is 0 Å². The summed E-state index contributed by atoms with van der Waals surface area (Å²) in [5, 5.41) is 0. The predicted octanol–water partition coefficient (Wildman–Crippen LogP) is 4.92. The van der Waals surface area contributed by atoms with Crippen molar-refractivity contribution in [3.63, 3.8) is 0 Å². The fourth-order valence-corrected chi connectivity index (χ4v) is 3.58. The van der Waals surface area contributed by atoms with Crippen LogP contribution in [0.15, 0.2) is 66.7 Å². The molecule has 0 amide bonds. The van der Waals surface area contributed by atoms with Gasteiger partial charge in [0.2, 0.25) is 0 Å². The lowest BCUT2D eigenvalue weighted by atomic mass is 10.2. The molecule has 148 valence electrons. The fourth-order valence-electron chi connectivity index (χ4n) is 3.58.